The molecule has 0 aliphatic rings. The molecule has 1 nitrogen and oxygen atoms in total. The van der Waals surface area contributed by atoms with E-state index in [-0.39, 0.29) is 6.61 Å². The van der Waals surface area contributed by atoms with E-state index in [1.807, 2.05) is 24.3 Å². The first kappa shape index (κ1) is 11.6. The second kappa shape index (κ2) is 5.46. The van der Waals surface area contributed by atoms with Crippen molar-refractivity contribution in [2.45, 2.75) is 13.5 Å². The number of aliphatic hydroxyl groups excluding tert-OH is 1. The molecule has 0 fully saturated rings. The number of rotatable bonds is 3. The number of aryl methyl sites for hydroxylation is 1. The summed E-state index contributed by atoms with van der Waals surface area (Å²) in [6.45, 7) is 2.17. The van der Waals surface area contributed by atoms with Gasteiger partial charge in [0.1, 0.15) is 0 Å². The third-order valence-electron chi connectivity index (χ3n) is 2.68. The Bertz CT molecular complexity index is 509. The highest BCUT2D eigenvalue weighted by Gasteiger charge is 1.91. The van der Waals surface area contributed by atoms with Crippen LogP contribution in [0.15, 0.2) is 48.5 Å². The highest BCUT2D eigenvalue weighted by atomic mass is 16.3. The highest BCUT2D eigenvalue weighted by Crippen LogP contribution is 2.11. The van der Waals surface area contributed by atoms with E-state index >= 15 is 0 Å². The second-order valence-electron chi connectivity index (χ2n) is 4.15. The fraction of sp³-hybridized carbons (Fsp3) is 0.125. The highest BCUT2D eigenvalue weighted by molar-refractivity contribution is 5.69. The van der Waals surface area contributed by atoms with Crippen LogP contribution in [0.4, 0.5) is 0 Å². The Kier molecular flexibility index (Phi) is 3.73. The molecule has 1 N–H and O–H groups in total. The quantitative estimate of drug-likeness (QED) is 0.789. The van der Waals surface area contributed by atoms with Gasteiger partial charge in [-0.2, -0.15) is 0 Å². The number of hydrogen-bond donors (Lipinski definition) is 1. The minimum absolute atomic E-state index is 0.0895. The fourth-order valence-corrected chi connectivity index (χ4v) is 1.67. The summed E-state index contributed by atoms with van der Waals surface area (Å²) in [4.78, 5) is 0. The standard InChI is InChI=1S/C16H16O/c1-13-5-7-14(8-6-13)9-10-15-3-2-4-16(11-15)12-17/h2-11,17H,12H2,1H3/b10-9+. The van der Waals surface area contributed by atoms with E-state index in [4.69, 9.17) is 5.11 Å². The van der Waals surface area contributed by atoms with Crippen molar-refractivity contribution in [2.24, 2.45) is 0 Å². The van der Waals surface area contributed by atoms with Crippen molar-refractivity contribution in [3.63, 3.8) is 0 Å². The van der Waals surface area contributed by atoms with Crippen LogP contribution in [0.25, 0.3) is 12.2 Å². The van der Waals surface area contributed by atoms with Gasteiger partial charge in [0.05, 0.1) is 6.61 Å². The molecule has 0 radical (unpaired) electrons. The van der Waals surface area contributed by atoms with Gasteiger partial charge in [-0.3, -0.25) is 0 Å². The molecule has 0 aliphatic heterocycles. The third kappa shape index (κ3) is 3.30. The van der Waals surface area contributed by atoms with Crippen LogP contribution >= 0.6 is 0 Å². The van der Waals surface area contributed by atoms with E-state index < -0.39 is 0 Å². The summed E-state index contributed by atoms with van der Waals surface area (Å²) in [5, 5.41) is 9.05. The van der Waals surface area contributed by atoms with Crippen LogP contribution in [0.1, 0.15) is 22.3 Å². The maximum atomic E-state index is 9.05. The van der Waals surface area contributed by atoms with Crippen molar-refractivity contribution in [1.29, 1.82) is 0 Å². The van der Waals surface area contributed by atoms with Crippen molar-refractivity contribution < 1.29 is 5.11 Å². The summed E-state index contributed by atoms with van der Waals surface area (Å²) in [6.07, 6.45) is 4.14. The summed E-state index contributed by atoms with van der Waals surface area (Å²) in [7, 11) is 0. The molecule has 2 aromatic rings. The number of benzene rings is 2. The molecule has 0 atom stereocenters. The lowest BCUT2D eigenvalue weighted by atomic mass is 10.1. The molecular weight excluding hydrogens is 208 g/mol. The monoisotopic (exact) mass is 224 g/mol. The van der Waals surface area contributed by atoms with Gasteiger partial charge in [0.2, 0.25) is 0 Å². The molecule has 0 heterocycles. The van der Waals surface area contributed by atoms with Gasteiger partial charge in [-0.15, -0.1) is 0 Å². The molecule has 1 heteroatoms. The van der Waals surface area contributed by atoms with Crippen molar-refractivity contribution in [1.82, 2.24) is 0 Å². The van der Waals surface area contributed by atoms with Gasteiger partial charge in [0.15, 0.2) is 0 Å². The van der Waals surface area contributed by atoms with Gasteiger partial charge in [0.25, 0.3) is 0 Å². The zero-order chi connectivity index (χ0) is 12.1. The molecule has 0 aromatic heterocycles. The number of aliphatic hydroxyl groups is 1. The fourth-order valence-electron chi connectivity index (χ4n) is 1.67. The van der Waals surface area contributed by atoms with Crippen molar-refractivity contribution in [3.8, 4) is 0 Å². The molecule has 0 saturated heterocycles. The average molecular weight is 224 g/mol. The Hall–Kier alpha value is -1.86. The van der Waals surface area contributed by atoms with Crippen molar-refractivity contribution >= 4 is 12.2 Å². The molecule has 0 unspecified atom stereocenters. The summed E-state index contributed by atoms with van der Waals surface area (Å²) in [6, 6.07) is 16.3. The smallest absolute Gasteiger partial charge is 0.0682 e. The molecule has 0 bridgehead atoms. The first-order valence-corrected chi connectivity index (χ1v) is 5.72. The lowest BCUT2D eigenvalue weighted by Gasteiger charge is -1.98. The zero-order valence-electron chi connectivity index (χ0n) is 9.93. The van der Waals surface area contributed by atoms with E-state index in [1.165, 1.54) is 11.1 Å². The Morgan fingerprint density at radius 2 is 1.65 bits per heavy atom. The van der Waals surface area contributed by atoms with Gasteiger partial charge < -0.3 is 5.11 Å². The minimum atomic E-state index is 0.0895. The minimum Gasteiger partial charge on any atom is -0.392 e. The van der Waals surface area contributed by atoms with Gasteiger partial charge in [-0.05, 0) is 29.7 Å². The first-order chi connectivity index (χ1) is 8.28. The normalized spacial score (nSPS) is 10.9. The molecule has 0 saturated carbocycles. The van der Waals surface area contributed by atoms with E-state index in [0.717, 1.165) is 11.1 Å². The maximum Gasteiger partial charge on any atom is 0.0682 e. The summed E-state index contributed by atoms with van der Waals surface area (Å²) < 4.78 is 0. The predicted octanol–water partition coefficient (Wildman–Crippen LogP) is 3.66. The van der Waals surface area contributed by atoms with Crippen LogP contribution in [0.3, 0.4) is 0 Å². The van der Waals surface area contributed by atoms with E-state index in [2.05, 4.69) is 43.3 Å². The molecule has 0 amide bonds. The van der Waals surface area contributed by atoms with Gasteiger partial charge in [-0.1, -0.05) is 60.2 Å². The van der Waals surface area contributed by atoms with Crippen LogP contribution < -0.4 is 0 Å². The van der Waals surface area contributed by atoms with E-state index in [0.29, 0.717) is 0 Å². The van der Waals surface area contributed by atoms with Crippen LogP contribution in [0, 0.1) is 6.92 Å². The molecular formula is C16H16O. The van der Waals surface area contributed by atoms with Crippen molar-refractivity contribution in [3.05, 3.63) is 70.8 Å². The van der Waals surface area contributed by atoms with E-state index in [9.17, 15) is 0 Å². The van der Waals surface area contributed by atoms with Gasteiger partial charge >= 0.3 is 0 Å². The summed E-state index contributed by atoms with van der Waals surface area (Å²) >= 11 is 0. The predicted molar refractivity (Wildman–Crippen MR) is 72.5 cm³/mol. The van der Waals surface area contributed by atoms with Gasteiger partial charge in [0, 0.05) is 0 Å². The maximum absolute atomic E-state index is 9.05. The Morgan fingerprint density at radius 1 is 0.941 bits per heavy atom. The number of hydrogen-bond acceptors (Lipinski definition) is 1. The third-order valence-corrected chi connectivity index (χ3v) is 2.68. The van der Waals surface area contributed by atoms with Gasteiger partial charge in [-0.25, -0.2) is 0 Å². The lowest BCUT2D eigenvalue weighted by Crippen LogP contribution is -1.82. The largest absolute Gasteiger partial charge is 0.392 e. The molecule has 0 spiro atoms. The molecule has 0 aliphatic carbocycles. The second-order valence-corrected chi connectivity index (χ2v) is 4.15. The summed E-state index contributed by atoms with van der Waals surface area (Å²) in [5.41, 5.74) is 4.50. The van der Waals surface area contributed by atoms with Crippen LogP contribution in [0.5, 0.6) is 0 Å². The molecule has 2 rings (SSSR count). The average Bonchev–Trinajstić information content (AvgIpc) is 2.38. The van der Waals surface area contributed by atoms with E-state index in [1.54, 1.807) is 0 Å². The lowest BCUT2D eigenvalue weighted by molar-refractivity contribution is 0.282. The SMILES string of the molecule is Cc1ccc(/C=C/c2cccc(CO)c2)cc1. The van der Waals surface area contributed by atoms with Crippen molar-refractivity contribution in [2.75, 3.05) is 0 Å². The topological polar surface area (TPSA) is 20.2 Å². The van der Waals surface area contributed by atoms with Crippen LogP contribution in [-0.2, 0) is 6.61 Å². The zero-order valence-corrected chi connectivity index (χ0v) is 9.93. The first-order valence-electron chi connectivity index (χ1n) is 5.72. The van der Waals surface area contributed by atoms with Crippen LogP contribution in [0.2, 0.25) is 0 Å². The molecule has 86 valence electrons. The summed E-state index contributed by atoms with van der Waals surface area (Å²) in [5.74, 6) is 0. The molecule has 2 aromatic carbocycles. The molecule has 17 heavy (non-hydrogen) atoms. The Labute approximate surface area is 102 Å². The Morgan fingerprint density at radius 3 is 2.35 bits per heavy atom. The Balaban J connectivity index is 2.16. The van der Waals surface area contributed by atoms with Crippen LogP contribution in [-0.4, -0.2) is 5.11 Å².